The highest BCUT2D eigenvalue weighted by atomic mass is 32.2. The van der Waals surface area contributed by atoms with Crippen molar-refractivity contribution >= 4 is 27.9 Å². The zero-order valence-electron chi connectivity index (χ0n) is 25.1. The van der Waals surface area contributed by atoms with E-state index in [2.05, 4.69) is 25.3 Å². The maximum Gasteiger partial charge on any atom is 0.318 e. The minimum absolute atomic E-state index is 0.0928. The van der Waals surface area contributed by atoms with Crippen molar-refractivity contribution in [2.24, 2.45) is 5.92 Å². The van der Waals surface area contributed by atoms with Gasteiger partial charge in [-0.1, -0.05) is 48.9 Å². The molecular weight excluding hydrogens is 600 g/mol. The number of amides is 4. The van der Waals surface area contributed by atoms with Gasteiger partial charge in [-0.25, -0.2) is 13.2 Å². The molecule has 6 rings (SSSR count). The minimum Gasteiger partial charge on any atom is -0.481 e. The van der Waals surface area contributed by atoms with Crippen LogP contribution in [0.15, 0.2) is 48.6 Å². The third-order valence-electron chi connectivity index (χ3n) is 8.69. The van der Waals surface area contributed by atoms with Gasteiger partial charge >= 0.3 is 6.03 Å². The number of aromatic nitrogens is 2. The number of hydrogen-bond donors (Lipinski definition) is 3. The van der Waals surface area contributed by atoms with Crippen molar-refractivity contribution in [1.82, 2.24) is 30.2 Å². The fourth-order valence-electron chi connectivity index (χ4n) is 5.90. The monoisotopic (exact) mass is 638 g/mol. The first kappa shape index (κ1) is 30.8. The minimum atomic E-state index is -3.82. The SMILES string of the molecule is COc1cc(O[C@@H]2C[C@H]3C(=O)N[C@]4(C(=O)NS(=O)(=O)C5CC5)C[C@H]4/C=C\CCCCCNC(=O)N3C2)nc(-c2ccccc2)n1. The lowest BCUT2D eigenvalue weighted by atomic mass is 10.1. The summed E-state index contributed by atoms with van der Waals surface area (Å²) < 4.78 is 39.1. The van der Waals surface area contributed by atoms with E-state index in [0.29, 0.717) is 31.1 Å². The Morgan fingerprint density at radius 2 is 1.87 bits per heavy atom. The Morgan fingerprint density at radius 1 is 1.09 bits per heavy atom. The van der Waals surface area contributed by atoms with Crippen molar-refractivity contribution in [3.05, 3.63) is 48.6 Å². The number of nitrogens with one attached hydrogen (secondary N) is 3. The number of hydrogen-bond acceptors (Lipinski definition) is 9. The molecule has 0 radical (unpaired) electrons. The van der Waals surface area contributed by atoms with E-state index in [-0.39, 0.29) is 31.2 Å². The number of nitrogens with zero attached hydrogens (tertiary/aromatic N) is 3. The van der Waals surface area contributed by atoms with E-state index in [1.54, 1.807) is 6.07 Å². The first-order valence-electron chi connectivity index (χ1n) is 15.4. The van der Waals surface area contributed by atoms with Crippen LogP contribution in [0.1, 0.15) is 51.4 Å². The number of rotatable bonds is 7. The van der Waals surface area contributed by atoms with Crippen LogP contribution in [0.3, 0.4) is 0 Å². The number of fused-ring (bicyclic) bond motifs is 2. The number of allylic oxidation sites excluding steroid dienone is 1. The topological polar surface area (TPSA) is 169 Å². The maximum absolute atomic E-state index is 13.9. The lowest BCUT2D eigenvalue weighted by Gasteiger charge is -2.26. The highest BCUT2D eigenvalue weighted by Crippen LogP contribution is 2.46. The van der Waals surface area contributed by atoms with Crippen LogP contribution in [-0.2, 0) is 19.6 Å². The molecule has 3 fully saturated rings. The lowest BCUT2D eigenvalue weighted by Crippen LogP contribution is -2.57. The van der Waals surface area contributed by atoms with E-state index in [0.717, 1.165) is 31.2 Å². The van der Waals surface area contributed by atoms with Crippen molar-refractivity contribution in [2.75, 3.05) is 20.2 Å². The summed E-state index contributed by atoms with van der Waals surface area (Å²) in [6.45, 7) is 0.548. The highest BCUT2D eigenvalue weighted by molar-refractivity contribution is 7.91. The summed E-state index contributed by atoms with van der Waals surface area (Å²) in [5.41, 5.74) is -0.652. The molecule has 240 valence electrons. The van der Waals surface area contributed by atoms with Crippen molar-refractivity contribution in [1.29, 1.82) is 0 Å². The molecule has 1 aromatic carbocycles. The molecule has 3 N–H and O–H groups in total. The van der Waals surface area contributed by atoms with Gasteiger partial charge in [-0.15, -0.1) is 0 Å². The zero-order chi connectivity index (χ0) is 31.6. The fourth-order valence-corrected chi connectivity index (χ4v) is 7.26. The van der Waals surface area contributed by atoms with Gasteiger partial charge in [0.2, 0.25) is 27.7 Å². The van der Waals surface area contributed by atoms with Crippen LogP contribution in [0.5, 0.6) is 11.8 Å². The third kappa shape index (κ3) is 6.90. The molecule has 2 aliphatic heterocycles. The predicted molar refractivity (Wildman–Crippen MR) is 164 cm³/mol. The average Bonchev–Trinajstić information content (AvgIpc) is 3.95. The van der Waals surface area contributed by atoms with Crippen LogP contribution in [0.4, 0.5) is 4.79 Å². The molecule has 0 bridgehead atoms. The van der Waals surface area contributed by atoms with E-state index in [1.807, 2.05) is 42.5 Å². The normalized spacial score (nSPS) is 27.8. The van der Waals surface area contributed by atoms with Gasteiger partial charge in [0, 0.05) is 24.4 Å². The fraction of sp³-hybridized carbons (Fsp3) is 0.516. The summed E-state index contributed by atoms with van der Waals surface area (Å²) in [7, 11) is -2.33. The largest absolute Gasteiger partial charge is 0.481 e. The maximum atomic E-state index is 13.9. The molecule has 0 spiro atoms. The number of ether oxygens (including phenoxy) is 2. The second-order valence-corrected chi connectivity index (χ2v) is 14.0. The van der Waals surface area contributed by atoms with Crippen LogP contribution in [0.25, 0.3) is 11.4 Å². The van der Waals surface area contributed by atoms with Crippen LogP contribution in [0, 0.1) is 5.92 Å². The van der Waals surface area contributed by atoms with Crippen LogP contribution in [-0.4, -0.2) is 84.3 Å². The van der Waals surface area contributed by atoms with Crippen molar-refractivity contribution < 1.29 is 32.3 Å². The number of carbonyl (C=O) groups is 3. The van der Waals surface area contributed by atoms with E-state index >= 15 is 0 Å². The summed E-state index contributed by atoms with van der Waals surface area (Å²) in [5.74, 6) is -0.736. The molecule has 4 aliphatic rings. The molecule has 45 heavy (non-hydrogen) atoms. The molecule has 13 nitrogen and oxygen atoms in total. The molecule has 0 unspecified atom stereocenters. The predicted octanol–water partition coefficient (Wildman–Crippen LogP) is 2.30. The van der Waals surface area contributed by atoms with Gasteiger partial charge in [-0.05, 0) is 38.5 Å². The van der Waals surface area contributed by atoms with Gasteiger partial charge in [0.25, 0.3) is 5.91 Å². The second-order valence-electron chi connectivity index (χ2n) is 12.0. The average molecular weight is 639 g/mol. The van der Waals surface area contributed by atoms with Gasteiger partial charge in [-0.2, -0.15) is 9.97 Å². The lowest BCUT2D eigenvalue weighted by molar-refractivity contribution is -0.131. The summed E-state index contributed by atoms with van der Waals surface area (Å²) in [6.07, 6.45) is 8.02. The number of methoxy groups -OCH3 is 1. The van der Waals surface area contributed by atoms with Gasteiger partial charge in [0.15, 0.2) is 5.82 Å². The second kappa shape index (κ2) is 12.7. The summed E-state index contributed by atoms with van der Waals surface area (Å²) in [6, 6.07) is 9.51. The Balaban J connectivity index is 1.24. The Labute approximate surface area is 262 Å². The first-order chi connectivity index (χ1) is 21.7. The Morgan fingerprint density at radius 3 is 2.62 bits per heavy atom. The van der Waals surface area contributed by atoms with Gasteiger partial charge in [0.05, 0.1) is 25.0 Å². The molecule has 1 saturated heterocycles. The van der Waals surface area contributed by atoms with Crippen molar-refractivity contribution in [2.45, 2.75) is 74.3 Å². The van der Waals surface area contributed by atoms with Crippen molar-refractivity contribution in [3.8, 4) is 23.1 Å². The van der Waals surface area contributed by atoms with Gasteiger partial charge in [0.1, 0.15) is 17.7 Å². The van der Waals surface area contributed by atoms with E-state index in [1.165, 1.54) is 12.0 Å². The highest BCUT2D eigenvalue weighted by Gasteiger charge is 2.62. The van der Waals surface area contributed by atoms with Crippen LogP contribution < -0.4 is 24.8 Å². The van der Waals surface area contributed by atoms with Gasteiger partial charge in [-0.3, -0.25) is 14.3 Å². The number of carbonyl (C=O) groups excluding carboxylic acids is 3. The van der Waals surface area contributed by atoms with E-state index < -0.39 is 50.8 Å². The van der Waals surface area contributed by atoms with Crippen LogP contribution in [0.2, 0.25) is 0 Å². The molecule has 14 heteroatoms. The van der Waals surface area contributed by atoms with E-state index in [4.69, 9.17) is 9.47 Å². The molecule has 4 atom stereocenters. The Kier molecular flexibility index (Phi) is 8.67. The van der Waals surface area contributed by atoms with E-state index in [9.17, 15) is 22.8 Å². The number of benzene rings is 1. The zero-order valence-corrected chi connectivity index (χ0v) is 25.9. The number of sulfonamides is 1. The smallest absolute Gasteiger partial charge is 0.318 e. The molecule has 3 heterocycles. The molecule has 2 saturated carbocycles. The summed E-state index contributed by atoms with van der Waals surface area (Å²) in [5, 5.41) is 5.18. The molecular formula is C31H38N6O7S. The standard InChI is InChI=1S/C31H38N6O7S/c1-43-25-17-26(34-27(33-25)20-10-6-5-7-11-20)44-22-16-24-28(38)35-31(29(39)36-45(41,42)23-13-14-23)18-21(31)12-8-3-2-4-9-15-32-30(40)37(24)19-22/h5-8,10-12,17,21-24H,2-4,9,13-16,18-19H2,1H3,(H,32,40)(H,35,38)(H,36,39)/b12-8-/t21-,22-,24+,31-/m1/s1. The van der Waals surface area contributed by atoms with Crippen LogP contribution >= 0.6 is 0 Å². The first-order valence-corrected chi connectivity index (χ1v) is 17.0. The Bertz CT molecular complexity index is 1580. The number of urea groups is 1. The summed E-state index contributed by atoms with van der Waals surface area (Å²) in [4.78, 5) is 51.1. The summed E-state index contributed by atoms with van der Waals surface area (Å²) >= 11 is 0. The third-order valence-corrected chi connectivity index (χ3v) is 10.5. The Hall–Kier alpha value is -4.20. The molecule has 4 amide bonds. The van der Waals surface area contributed by atoms with Gasteiger partial charge < -0.3 is 25.0 Å². The molecule has 2 aromatic rings. The molecule has 2 aliphatic carbocycles. The quantitative estimate of drug-likeness (QED) is 0.385. The van der Waals surface area contributed by atoms with Crippen molar-refractivity contribution in [3.63, 3.8) is 0 Å². The molecule has 1 aromatic heterocycles.